The van der Waals surface area contributed by atoms with E-state index in [2.05, 4.69) is 53.1 Å². The summed E-state index contributed by atoms with van der Waals surface area (Å²) in [5.41, 5.74) is -0.474. The van der Waals surface area contributed by atoms with Gasteiger partial charge in [-0.05, 0) is 54.9 Å². The van der Waals surface area contributed by atoms with Crippen molar-refractivity contribution < 1.29 is 9.53 Å². The van der Waals surface area contributed by atoms with E-state index in [-0.39, 0.29) is 12.1 Å². The minimum Gasteiger partial charge on any atom is -0.444 e. The second-order valence-corrected chi connectivity index (χ2v) is 8.48. The standard InChI is InChI=1S/C19H39N5O2/c1-14(2)24(15(3)4)12-10-21-17(20-8)23-11-9-16(13-23)22-18(25)26-19(5,6)7/h14-16H,9-13H2,1-8H3,(H,20,21)(H,22,25). The van der Waals surface area contributed by atoms with Gasteiger partial charge in [0.2, 0.25) is 0 Å². The van der Waals surface area contributed by atoms with E-state index < -0.39 is 5.60 Å². The first-order valence-corrected chi connectivity index (χ1v) is 9.74. The molecule has 7 heteroatoms. The third-order valence-corrected chi connectivity index (χ3v) is 4.40. The van der Waals surface area contributed by atoms with E-state index in [0.717, 1.165) is 38.6 Å². The Kier molecular flexibility index (Phi) is 8.67. The summed E-state index contributed by atoms with van der Waals surface area (Å²) in [5, 5.41) is 6.41. The first kappa shape index (κ1) is 22.5. The number of hydrogen-bond acceptors (Lipinski definition) is 4. The maximum atomic E-state index is 11.9. The molecule has 0 radical (unpaired) electrons. The van der Waals surface area contributed by atoms with Gasteiger partial charge in [0, 0.05) is 45.3 Å². The number of ether oxygens (including phenoxy) is 1. The zero-order valence-electron chi connectivity index (χ0n) is 17.9. The lowest BCUT2D eigenvalue weighted by Crippen LogP contribution is -2.47. The molecule has 0 aromatic heterocycles. The van der Waals surface area contributed by atoms with Crippen molar-refractivity contribution in [3.8, 4) is 0 Å². The number of likely N-dealkylation sites (tertiary alicyclic amines) is 1. The van der Waals surface area contributed by atoms with Gasteiger partial charge in [0.25, 0.3) is 0 Å². The highest BCUT2D eigenvalue weighted by molar-refractivity contribution is 5.80. The summed E-state index contributed by atoms with van der Waals surface area (Å²) >= 11 is 0. The molecule has 1 saturated heterocycles. The third kappa shape index (κ3) is 7.81. The van der Waals surface area contributed by atoms with Gasteiger partial charge in [-0.1, -0.05) is 0 Å². The van der Waals surface area contributed by atoms with Crippen LogP contribution in [0.2, 0.25) is 0 Å². The zero-order valence-corrected chi connectivity index (χ0v) is 17.9. The van der Waals surface area contributed by atoms with E-state index in [9.17, 15) is 4.79 Å². The van der Waals surface area contributed by atoms with Gasteiger partial charge in [-0.25, -0.2) is 4.79 Å². The van der Waals surface area contributed by atoms with Gasteiger partial charge in [0.15, 0.2) is 5.96 Å². The van der Waals surface area contributed by atoms with Crippen LogP contribution in [0.3, 0.4) is 0 Å². The molecule has 2 N–H and O–H groups in total. The number of hydrogen-bond donors (Lipinski definition) is 2. The molecule has 0 bridgehead atoms. The van der Waals surface area contributed by atoms with Crippen LogP contribution < -0.4 is 10.6 Å². The summed E-state index contributed by atoms with van der Waals surface area (Å²) < 4.78 is 5.34. The summed E-state index contributed by atoms with van der Waals surface area (Å²) in [6.45, 7) is 18.0. The highest BCUT2D eigenvalue weighted by Gasteiger charge is 2.27. The van der Waals surface area contributed by atoms with Gasteiger partial charge >= 0.3 is 6.09 Å². The number of nitrogens with zero attached hydrogens (tertiary/aromatic N) is 3. The lowest BCUT2D eigenvalue weighted by atomic mass is 10.2. The fourth-order valence-electron chi connectivity index (χ4n) is 3.29. The van der Waals surface area contributed by atoms with E-state index in [1.807, 2.05) is 20.8 Å². The Morgan fingerprint density at radius 1 is 1.27 bits per heavy atom. The monoisotopic (exact) mass is 369 g/mol. The van der Waals surface area contributed by atoms with Crippen molar-refractivity contribution in [3.63, 3.8) is 0 Å². The molecule has 0 aromatic rings. The molecule has 0 saturated carbocycles. The molecule has 7 nitrogen and oxygen atoms in total. The fraction of sp³-hybridized carbons (Fsp3) is 0.895. The van der Waals surface area contributed by atoms with E-state index in [1.54, 1.807) is 7.05 Å². The molecule has 152 valence electrons. The smallest absolute Gasteiger partial charge is 0.407 e. The normalized spacial score (nSPS) is 18.8. The fourth-order valence-corrected chi connectivity index (χ4v) is 3.29. The van der Waals surface area contributed by atoms with Crippen molar-refractivity contribution in [1.29, 1.82) is 0 Å². The van der Waals surface area contributed by atoms with Crippen molar-refractivity contribution in [1.82, 2.24) is 20.4 Å². The largest absolute Gasteiger partial charge is 0.444 e. The highest BCUT2D eigenvalue weighted by atomic mass is 16.6. The second-order valence-electron chi connectivity index (χ2n) is 8.48. The summed E-state index contributed by atoms with van der Waals surface area (Å²) in [6, 6.07) is 1.13. The van der Waals surface area contributed by atoms with Crippen LogP contribution >= 0.6 is 0 Å². The highest BCUT2D eigenvalue weighted by Crippen LogP contribution is 2.12. The van der Waals surface area contributed by atoms with Gasteiger partial charge in [-0.3, -0.25) is 9.89 Å². The van der Waals surface area contributed by atoms with Crippen molar-refractivity contribution >= 4 is 12.1 Å². The zero-order chi connectivity index (χ0) is 19.9. The molecule has 0 spiro atoms. The molecule has 26 heavy (non-hydrogen) atoms. The molecule has 0 aliphatic carbocycles. The van der Waals surface area contributed by atoms with Gasteiger partial charge in [-0.2, -0.15) is 0 Å². The second kappa shape index (κ2) is 10.00. The Morgan fingerprint density at radius 2 is 1.88 bits per heavy atom. The number of alkyl carbamates (subject to hydrolysis) is 1. The molecule has 0 aromatic carbocycles. The first-order chi connectivity index (χ1) is 12.0. The maximum absolute atomic E-state index is 11.9. The molecular weight excluding hydrogens is 330 g/mol. The Morgan fingerprint density at radius 3 is 2.38 bits per heavy atom. The Hall–Kier alpha value is -1.50. The molecule has 1 heterocycles. The lowest BCUT2D eigenvalue weighted by Gasteiger charge is -2.31. The van der Waals surface area contributed by atoms with Gasteiger partial charge in [0.1, 0.15) is 5.60 Å². The predicted molar refractivity (Wildman–Crippen MR) is 108 cm³/mol. The number of carbonyl (C=O) groups is 1. The number of amides is 1. The van der Waals surface area contributed by atoms with E-state index in [0.29, 0.717) is 12.1 Å². The van der Waals surface area contributed by atoms with Gasteiger partial charge < -0.3 is 20.3 Å². The minimum atomic E-state index is -0.474. The molecule has 1 aliphatic heterocycles. The average molecular weight is 370 g/mol. The van der Waals surface area contributed by atoms with Crippen LogP contribution in [0, 0.1) is 0 Å². The van der Waals surface area contributed by atoms with Crippen LogP contribution in [0.5, 0.6) is 0 Å². The number of nitrogens with one attached hydrogen (secondary N) is 2. The summed E-state index contributed by atoms with van der Waals surface area (Å²) in [5.74, 6) is 0.894. The van der Waals surface area contributed by atoms with E-state index in [1.165, 1.54) is 0 Å². The predicted octanol–water partition coefficient (Wildman–Crippen LogP) is 2.28. The first-order valence-electron chi connectivity index (χ1n) is 9.74. The molecule has 1 atom stereocenters. The minimum absolute atomic E-state index is 0.0891. The van der Waals surface area contributed by atoms with Crippen molar-refractivity contribution in [2.75, 3.05) is 33.2 Å². The Labute approximate surface area is 159 Å². The van der Waals surface area contributed by atoms with Crippen molar-refractivity contribution in [2.45, 2.75) is 78.6 Å². The molecule has 1 fully saturated rings. The molecule has 1 amide bonds. The van der Waals surface area contributed by atoms with Crippen LogP contribution in [0.1, 0.15) is 54.9 Å². The molecular formula is C19H39N5O2. The van der Waals surface area contributed by atoms with Crippen LogP contribution in [-0.4, -0.2) is 78.8 Å². The average Bonchev–Trinajstić information content (AvgIpc) is 2.92. The number of rotatable bonds is 6. The summed E-state index contributed by atoms with van der Waals surface area (Å²) in [6.07, 6.45) is 0.543. The number of guanidine groups is 1. The summed E-state index contributed by atoms with van der Waals surface area (Å²) in [7, 11) is 1.81. The van der Waals surface area contributed by atoms with Gasteiger partial charge in [-0.15, -0.1) is 0 Å². The Balaban J connectivity index is 2.44. The molecule has 1 unspecified atom stereocenters. The molecule has 1 rings (SSSR count). The van der Waals surface area contributed by atoms with Crippen LogP contribution in [0.25, 0.3) is 0 Å². The summed E-state index contributed by atoms with van der Waals surface area (Å²) in [4.78, 5) is 21.0. The van der Waals surface area contributed by atoms with Crippen LogP contribution in [-0.2, 0) is 4.74 Å². The van der Waals surface area contributed by atoms with E-state index >= 15 is 0 Å². The van der Waals surface area contributed by atoms with Crippen molar-refractivity contribution in [2.24, 2.45) is 4.99 Å². The quantitative estimate of drug-likeness (QED) is 0.555. The third-order valence-electron chi connectivity index (χ3n) is 4.40. The Bertz CT molecular complexity index is 463. The number of carbonyl (C=O) groups excluding carboxylic acids is 1. The SMILES string of the molecule is CN=C(NCCN(C(C)C)C(C)C)N1CCC(NC(=O)OC(C)(C)C)C1. The van der Waals surface area contributed by atoms with Crippen LogP contribution in [0.15, 0.2) is 4.99 Å². The molecule has 1 aliphatic rings. The van der Waals surface area contributed by atoms with E-state index in [4.69, 9.17) is 4.74 Å². The van der Waals surface area contributed by atoms with Crippen LogP contribution in [0.4, 0.5) is 4.79 Å². The lowest BCUT2D eigenvalue weighted by molar-refractivity contribution is 0.0507. The topological polar surface area (TPSA) is 69.2 Å². The maximum Gasteiger partial charge on any atom is 0.407 e. The van der Waals surface area contributed by atoms with Crippen molar-refractivity contribution in [3.05, 3.63) is 0 Å². The van der Waals surface area contributed by atoms with Gasteiger partial charge in [0.05, 0.1) is 6.04 Å². The number of aliphatic imine (C=N–C) groups is 1.